The first-order valence-corrected chi connectivity index (χ1v) is 45.4. The van der Waals surface area contributed by atoms with Crippen LogP contribution in [0.4, 0.5) is 0 Å². The molecular weight excluding hydrogens is 1860 g/mol. The molecule has 0 saturated heterocycles. The van der Waals surface area contributed by atoms with Crippen molar-refractivity contribution in [1.82, 2.24) is 20.3 Å². The smallest absolute Gasteiger partial charge is 0.347 e. The second-order valence-electron chi connectivity index (χ2n) is 33.9. The first-order valence-electron chi connectivity index (χ1n) is 42.6. The third kappa shape index (κ3) is 18.3. The number of hydroxylamine groups is 8. The number of amides is 8. The number of benzene rings is 14. The fourth-order valence-corrected chi connectivity index (χ4v) is 17.7. The van der Waals surface area contributed by atoms with Gasteiger partial charge in [-0.1, -0.05) is 114 Å². The highest BCUT2D eigenvalue weighted by Crippen LogP contribution is 2.43. The molecule has 0 fully saturated rings. The Kier molecular flexibility index (Phi) is 24.0. The van der Waals surface area contributed by atoms with Crippen molar-refractivity contribution in [3.05, 3.63) is 403 Å². The Morgan fingerprint density at radius 1 is 0.220 bits per heavy atom. The van der Waals surface area contributed by atoms with Crippen LogP contribution < -0.4 is 28.4 Å². The van der Waals surface area contributed by atoms with Crippen molar-refractivity contribution >= 4 is 91.4 Å². The fourth-order valence-electron chi connectivity index (χ4n) is 15.9. The number of aromatic hydroxyl groups is 2. The summed E-state index contributed by atoms with van der Waals surface area (Å²) in [4.78, 5) is 146. The Balaban J connectivity index is 0.000000145. The number of hydrogen-bond acceptors (Lipinski definition) is 30. The monoisotopic (exact) mass is 1930 g/mol. The summed E-state index contributed by atoms with van der Waals surface area (Å²) in [5.41, 5.74) is 5.55. The number of fused-ring (bicyclic) bond motifs is 6. The average Bonchev–Trinajstić information content (AvgIpc) is 1.62. The van der Waals surface area contributed by atoms with E-state index in [0.29, 0.717) is 57.5 Å². The summed E-state index contributed by atoms with van der Waals surface area (Å²) < 4.78 is 105. The number of imide groups is 4. The zero-order valence-corrected chi connectivity index (χ0v) is 76.0. The molecule has 0 unspecified atom stereocenters. The molecule has 14 aromatic rings. The summed E-state index contributed by atoms with van der Waals surface area (Å²) >= 11 is 0. The largest absolute Gasteiger partial charge is 0.508 e. The number of ether oxygens (including phenoxy) is 8. The van der Waals surface area contributed by atoms with Gasteiger partial charge in [0.05, 0.1) is 76.6 Å². The molecule has 4 N–H and O–H groups in total. The minimum Gasteiger partial charge on any atom is -0.508 e. The topological polar surface area (TPSA) is 459 Å². The van der Waals surface area contributed by atoms with Gasteiger partial charge in [0, 0.05) is 16.2 Å². The molecule has 8 amide bonds. The van der Waals surface area contributed by atoms with Gasteiger partial charge in [0.25, 0.3) is 47.3 Å². The number of nitrogens with zero attached hydrogens (tertiary/aromatic N) is 4. The van der Waals surface area contributed by atoms with E-state index in [0.717, 1.165) is 81.9 Å². The molecule has 6 aliphatic rings. The zero-order valence-electron chi connectivity index (χ0n) is 74.4. The van der Waals surface area contributed by atoms with Gasteiger partial charge in [-0.2, -0.15) is 16.8 Å². The van der Waals surface area contributed by atoms with E-state index in [2.05, 4.69) is 37.2 Å². The SMILES string of the molecule is CC(C)(c1ccc(Oc2ccc3c(c2)C(=O)N(O)C3=O)cc1)c1ccc(Oc2ccc3c(c2)C(=O)N(O)C3=O)cc1.CC(C)(c1ccc(Oc2ccc3c(c2)C(=O)N(OS(=O)(=O)c2ccc(O)cc2)C3=O)cc1)c1ccc(Oc2ccc3c(c2)C(=O)N(OS(=O)(=O)c2ccc(O)cc2)C3=O)cc1.CC(C)(c1ccc(Oc2ccc3c(c2)C(=O)OC3=O)cc1)c1ccc(Oc2ccc3c(c2)C(=O)OC3=O)cc1. The molecule has 0 radical (unpaired) electrons. The number of cyclic esters (lactones) is 4. The van der Waals surface area contributed by atoms with Crippen molar-refractivity contribution in [2.24, 2.45) is 0 Å². The molecule has 704 valence electrons. The number of phenols is 2. The van der Waals surface area contributed by atoms with E-state index in [9.17, 15) is 95.0 Å². The third-order valence-corrected chi connectivity index (χ3v) is 26.4. The first kappa shape index (κ1) is 93.5. The molecule has 6 heterocycles. The molecule has 0 bridgehead atoms. The molecule has 36 heteroatoms. The molecule has 34 nitrogen and oxygen atoms in total. The van der Waals surface area contributed by atoms with Crippen molar-refractivity contribution in [3.8, 4) is 80.5 Å². The second-order valence-corrected chi connectivity index (χ2v) is 37.0. The Hall–Kier alpha value is -17.9. The first-order chi connectivity index (χ1) is 67.1. The number of carbonyl (C=O) groups is 12. The van der Waals surface area contributed by atoms with Crippen LogP contribution in [0.2, 0.25) is 0 Å². The minimum atomic E-state index is -4.58. The highest BCUT2D eigenvalue weighted by atomic mass is 32.2. The predicted molar refractivity (Wildman–Crippen MR) is 492 cm³/mol. The molecular formula is C105H72N4O30S2. The third-order valence-electron chi connectivity index (χ3n) is 24.0. The van der Waals surface area contributed by atoms with Gasteiger partial charge in [-0.3, -0.25) is 48.8 Å². The van der Waals surface area contributed by atoms with Crippen LogP contribution in [0.25, 0.3) is 0 Å². The molecule has 0 aliphatic carbocycles. The number of phenolic OH excluding ortho intramolecular Hbond substituents is 2. The van der Waals surface area contributed by atoms with Crippen LogP contribution >= 0.6 is 0 Å². The highest BCUT2D eigenvalue weighted by Gasteiger charge is 2.45. The van der Waals surface area contributed by atoms with Crippen LogP contribution in [0.3, 0.4) is 0 Å². The fraction of sp³-hybridized carbons (Fsp3) is 0.0857. The van der Waals surface area contributed by atoms with Crippen LogP contribution in [-0.4, -0.2) is 129 Å². The van der Waals surface area contributed by atoms with Crippen molar-refractivity contribution in [3.63, 3.8) is 0 Å². The van der Waals surface area contributed by atoms with E-state index in [-0.39, 0.29) is 131 Å². The summed E-state index contributed by atoms with van der Waals surface area (Å²) in [6.07, 6.45) is 0. The van der Waals surface area contributed by atoms with Crippen molar-refractivity contribution < 1.29 is 141 Å². The maximum atomic E-state index is 13.1. The number of hydrogen-bond donors (Lipinski definition) is 4. The average molecular weight is 1930 g/mol. The summed E-state index contributed by atoms with van der Waals surface area (Å²) in [6, 6.07) is 79.6. The molecule has 0 atom stereocenters. The molecule has 141 heavy (non-hydrogen) atoms. The Bertz CT molecular complexity index is 7430. The van der Waals surface area contributed by atoms with Gasteiger partial charge in [0.2, 0.25) is 0 Å². The predicted octanol–water partition coefficient (Wildman–Crippen LogP) is 18.6. The van der Waals surface area contributed by atoms with E-state index >= 15 is 0 Å². The van der Waals surface area contributed by atoms with Gasteiger partial charge in [-0.05, 0) is 264 Å². The Labute approximate surface area is 800 Å². The Morgan fingerprint density at radius 2 is 0.397 bits per heavy atom. The van der Waals surface area contributed by atoms with Gasteiger partial charge >= 0.3 is 44.1 Å². The van der Waals surface area contributed by atoms with Gasteiger partial charge in [0.1, 0.15) is 80.5 Å². The molecule has 6 aliphatic heterocycles. The lowest BCUT2D eigenvalue weighted by Crippen LogP contribution is -2.32. The summed E-state index contributed by atoms with van der Waals surface area (Å²) in [7, 11) is -9.16. The van der Waals surface area contributed by atoms with Gasteiger partial charge in [0.15, 0.2) is 0 Å². The van der Waals surface area contributed by atoms with E-state index in [1.807, 2.05) is 111 Å². The lowest BCUT2D eigenvalue weighted by Gasteiger charge is -2.26. The number of carbonyl (C=O) groups excluding carboxylic acids is 12. The lowest BCUT2D eigenvalue weighted by molar-refractivity contribution is -0.0330. The zero-order chi connectivity index (χ0) is 99.8. The van der Waals surface area contributed by atoms with Crippen LogP contribution in [-0.2, 0) is 54.5 Å². The summed E-state index contributed by atoms with van der Waals surface area (Å²) in [5.74, 6) is -5.07. The molecule has 14 aromatic carbocycles. The van der Waals surface area contributed by atoms with E-state index in [4.69, 9.17) is 37.0 Å². The maximum Gasteiger partial charge on any atom is 0.347 e. The van der Waals surface area contributed by atoms with Crippen molar-refractivity contribution in [2.75, 3.05) is 0 Å². The minimum absolute atomic E-state index is 0.0779. The number of esters is 4. The molecule has 0 spiro atoms. The van der Waals surface area contributed by atoms with Gasteiger partial charge < -0.3 is 48.1 Å². The van der Waals surface area contributed by atoms with Crippen LogP contribution in [0.5, 0.6) is 80.5 Å². The summed E-state index contributed by atoms with van der Waals surface area (Å²) in [5, 5.41) is 38.5. The lowest BCUT2D eigenvalue weighted by atomic mass is 9.78. The van der Waals surface area contributed by atoms with E-state index in [1.165, 1.54) is 84.9 Å². The van der Waals surface area contributed by atoms with Crippen LogP contribution in [0.1, 0.15) is 199 Å². The maximum absolute atomic E-state index is 13.1. The molecule has 0 aromatic heterocycles. The van der Waals surface area contributed by atoms with Crippen molar-refractivity contribution in [1.29, 1.82) is 0 Å². The molecule has 20 rings (SSSR count). The van der Waals surface area contributed by atoms with Gasteiger partial charge in [-0.15, -0.1) is 28.8 Å². The second kappa shape index (κ2) is 36.3. The standard InChI is InChI=1S/C43H30N2O14S2.C31H22N2O8.C31H20O8/c1-43(2,25-3-11-29(12-4-25)56-31-15-21-35-37(23-31)41(50)44(39(35)48)58-60(52,53)33-17-7-27(46)8-18-33)26-5-13-30(14-6-26)57-32-16-22-36-38(24-32)42(51)45(40(36)49)59-61(54,55)34-19-9-28(47)10-20-34;1-31(2,17-3-7-19(8-4-17)40-21-11-13-23-25(15-21)29(36)32(38)27(23)34)18-5-9-20(10-6-18)41-22-12-14-24-26(16-22)30(37)33(39)28(24)35;1-31(2,17-3-7-19(8-4-17)36-21-11-13-23-25(15-21)29(34)38-27(23)32)18-5-9-20(10-6-18)37-22-12-14-24-26(16-22)30(35)39-28(24)33/h3-24,46-47H,1-2H3;3-16,38-39H,1-2H3;3-16H,1-2H3. The van der Waals surface area contributed by atoms with Crippen LogP contribution in [0.15, 0.2) is 313 Å². The van der Waals surface area contributed by atoms with E-state index in [1.54, 1.807) is 72.8 Å². The normalized spacial score (nSPS) is 14.1. The van der Waals surface area contributed by atoms with Crippen LogP contribution in [0, 0.1) is 0 Å². The quantitative estimate of drug-likeness (QED) is 0.0189. The van der Waals surface area contributed by atoms with Gasteiger partial charge in [-0.25, -0.2) is 19.2 Å². The number of rotatable bonds is 24. The molecule has 0 saturated carbocycles. The summed E-state index contributed by atoms with van der Waals surface area (Å²) in [6.45, 7) is 12.4. The Morgan fingerprint density at radius 3 is 0.631 bits per heavy atom. The van der Waals surface area contributed by atoms with Crippen molar-refractivity contribution in [2.45, 2.75) is 67.6 Å². The highest BCUT2D eigenvalue weighted by molar-refractivity contribution is 7.87. The van der Waals surface area contributed by atoms with E-state index < -0.39 is 96.8 Å².